The fourth-order valence-corrected chi connectivity index (χ4v) is 2.31. The molecule has 0 radical (unpaired) electrons. The Labute approximate surface area is 142 Å². The summed E-state index contributed by atoms with van der Waals surface area (Å²) in [6.45, 7) is 2.61. The molecule has 0 saturated heterocycles. The van der Waals surface area contributed by atoms with Gasteiger partial charge in [-0.25, -0.2) is 0 Å². The van der Waals surface area contributed by atoms with E-state index in [4.69, 9.17) is 4.74 Å². The van der Waals surface area contributed by atoms with Gasteiger partial charge in [-0.15, -0.1) is 0 Å². The summed E-state index contributed by atoms with van der Waals surface area (Å²) in [5, 5.41) is 15.3. The predicted octanol–water partition coefficient (Wildman–Crippen LogP) is 1.85. The van der Waals surface area contributed by atoms with E-state index in [1.54, 1.807) is 14.0 Å². The normalized spacial score (nSPS) is 13.1. The minimum atomic E-state index is -0.765. The summed E-state index contributed by atoms with van der Waals surface area (Å²) in [4.78, 5) is 11.7. The molecule has 3 N–H and O–H groups in total. The standard InChI is InChI=1S/C19H24N2O3/c1-14(22)18(19(23)20-2)21-12-15-8-10-17(11-9-15)24-13-16-6-4-3-5-7-16/h3-11,14,18,21-22H,12-13H2,1-2H3,(H,20,23)/t14-,18+/m0/s1. The van der Waals surface area contributed by atoms with E-state index in [9.17, 15) is 9.90 Å². The van der Waals surface area contributed by atoms with Gasteiger partial charge in [0.05, 0.1) is 6.10 Å². The van der Waals surface area contributed by atoms with E-state index in [2.05, 4.69) is 10.6 Å². The minimum absolute atomic E-state index is 0.229. The smallest absolute Gasteiger partial charge is 0.239 e. The average Bonchev–Trinajstić information content (AvgIpc) is 2.61. The molecule has 0 aliphatic carbocycles. The van der Waals surface area contributed by atoms with E-state index in [-0.39, 0.29) is 5.91 Å². The predicted molar refractivity (Wildman–Crippen MR) is 93.6 cm³/mol. The van der Waals surface area contributed by atoms with Crippen molar-refractivity contribution >= 4 is 5.91 Å². The third-order valence-corrected chi connectivity index (χ3v) is 3.71. The van der Waals surface area contributed by atoms with Crippen molar-refractivity contribution in [2.24, 2.45) is 0 Å². The molecule has 0 bridgehead atoms. The summed E-state index contributed by atoms with van der Waals surface area (Å²) >= 11 is 0. The second-order valence-corrected chi connectivity index (χ2v) is 5.63. The lowest BCUT2D eigenvalue weighted by molar-refractivity contribution is -0.125. The summed E-state index contributed by atoms with van der Waals surface area (Å²) in [6.07, 6.45) is -0.765. The molecule has 5 heteroatoms. The quantitative estimate of drug-likeness (QED) is 0.692. The van der Waals surface area contributed by atoms with Gasteiger partial charge in [0, 0.05) is 13.6 Å². The van der Waals surface area contributed by atoms with Crippen LogP contribution in [0.3, 0.4) is 0 Å². The zero-order valence-electron chi connectivity index (χ0n) is 14.0. The van der Waals surface area contributed by atoms with E-state index in [1.807, 2.05) is 54.6 Å². The van der Waals surface area contributed by atoms with Gasteiger partial charge in [0.25, 0.3) is 0 Å². The second kappa shape index (κ2) is 9.05. The van der Waals surface area contributed by atoms with Crippen LogP contribution in [0.25, 0.3) is 0 Å². The number of ether oxygens (including phenoxy) is 1. The van der Waals surface area contributed by atoms with Gasteiger partial charge in [0.2, 0.25) is 5.91 Å². The van der Waals surface area contributed by atoms with Crippen LogP contribution < -0.4 is 15.4 Å². The van der Waals surface area contributed by atoms with Gasteiger partial charge in [-0.05, 0) is 30.2 Å². The molecule has 2 aromatic carbocycles. The number of likely N-dealkylation sites (N-methyl/N-ethyl adjacent to an activating group) is 1. The van der Waals surface area contributed by atoms with E-state index >= 15 is 0 Å². The monoisotopic (exact) mass is 328 g/mol. The van der Waals surface area contributed by atoms with Crippen molar-refractivity contribution in [2.45, 2.75) is 32.2 Å². The summed E-state index contributed by atoms with van der Waals surface area (Å²) in [5.41, 5.74) is 2.13. The highest BCUT2D eigenvalue weighted by atomic mass is 16.5. The Bertz CT molecular complexity index is 627. The number of carbonyl (C=O) groups is 1. The molecule has 0 spiro atoms. The maximum Gasteiger partial charge on any atom is 0.239 e. The minimum Gasteiger partial charge on any atom is -0.489 e. The summed E-state index contributed by atoms with van der Waals surface area (Å²) in [6, 6.07) is 17.0. The van der Waals surface area contributed by atoms with Crippen molar-refractivity contribution in [3.05, 3.63) is 65.7 Å². The number of hydrogen-bond acceptors (Lipinski definition) is 4. The Morgan fingerprint density at radius 3 is 2.33 bits per heavy atom. The van der Waals surface area contributed by atoms with Gasteiger partial charge in [0.1, 0.15) is 18.4 Å². The number of benzene rings is 2. The largest absolute Gasteiger partial charge is 0.489 e. The van der Waals surface area contributed by atoms with Gasteiger partial charge < -0.3 is 15.2 Å². The molecular weight excluding hydrogens is 304 g/mol. The molecule has 2 atom stereocenters. The van der Waals surface area contributed by atoms with E-state index in [0.717, 1.165) is 16.9 Å². The SMILES string of the molecule is CNC(=O)[C@H](NCc1ccc(OCc2ccccc2)cc1)[C@H](C)O. The highest BCUT2D eigenvalue weighted by Gasteiger charge is 2.21. The first-order chi connectivity index (χ1) is 11.6. The summed E-state index contributed by atoms with van der Waals surface area (Å²) in [7, 11) is 1.55. The number of rotatable bonds is 8. The molecule has 2 rings (SSSR count). The molecule has 0 unspecified atom stereocenters. The van der Waals surface area contributed by atoms with Crippen LogP contribution in [0.1, 0.15) is 18.1 Å². The van der Waals surface area contributed by atoms with E-state index in [0.29, 0.717) is 13.2 Å². The molecule has 0 saturated carbocycles. The number of aliphatic hydroxyl groups excluding tert-OH is 1. The first-order valence-electron chi connectivity index (χ1n) is 7.99. The third kappa shape index (κ3) is 5.37. The van der Waals surface area contributed by atoms with Crippen LogP contribution in [-0.2, 0) is 17.9 Å². The fraction of sp³-hybridized carbons (Fsp3) is 0.316. The maximum atomic E-state index is 11.7. The zero-order chi connectivity index (χ0) is 17.4. The van der Waals surface area contributed by atoms with Gasteiger partial charge in [-0.3, -0.25) is 10.1 Å². The van der Waals surface area contributed by atoms with Crippen LogP contribution in [0.4, 0.5) is 0 Å². The molecule has 0 aliphatic rings. The third-order valence-electron chi connectivity index (χ3n) is 3.71. The number of aliphatic hydroxyl groups is 1. The topological polar surface area (TPSA) is 70.6 Å². The van der Waals surface area contributed by atoms with Crippen molar-refractivity contribution < 1.29 is 14.6 Å². The maximum absolute atomic E-state index is 11.7. The van der Waals surface area contributed by atoms with Crippen LogP contribution in [0.15, 0.2) is 54.6 Å². The number of amides is 1. The highest BCUT2D eigenvalue weighted by molar-refractivity contribution is 5.82. The molecule has 128 valence electrons. The molecule has 24 heavy (non-hydrogen) atoms. The van der Waals surface area contributed by atoms with Gasteiger partial charge >= 0.3 is 0 Å². The molecule has 1 amide bonds. The molecule has 0 fully saturated rings. The lowest BCUT2D eigenvalue weighted by Gasteiger charge is -2.20. The Balaban J connectivity index is 1.86. The van der Waals surface area contributed by atoms with Crippen molar-refractivity contribution in [3.63, 3.8) is 0 Å². The van der Waals surface area contributed by atoms with Crippen molar-refractivity contribution in [1.82, 2.24) is 10.6 Å². The zero-order valence-corrected chi connectivity index (χ0v) is 14.0. The first kappa shape index (κ1) is 18.0. The lowest BCUT2D eigenvalue weighted by atomic mass is 10.1. The molecular formula is C19H24N2O3. The van der Waals surface area contributed by atoms with E-state index < -0.39 is 12.1 Å². The Morgan fingerprint density at radius 1 is 1.08 bits per heavy atom. The Kier molecular flexibility index (Phi) is 6.78. The molecule has 2 aromatic rings. The second-order valence-electron chi connectivity index (χ2n) is 5.63. The van der Waals surface area contributed by atoms with Gasteiger partial charge in [-0.1, -0.05) is 42.5 Å². The number of hydrogen-bond donors (Lipinski definition) is 3. The lowest BCUT2D eigenvalue weighted by Crippen LogP contribution is -2.49. The van der Waals surface area contributed by atoms with E-state index in [1.165, 1.54) is 0 Å². The summed E-state index contributed by atoms with van der Waals surface area (Å²) < 4.78 is 5.74. The van der Waals surface area contributed by atoms with Crippen LogP contribution in [-0.4, -0.2) is 30.2 Å². The highest BCUT2D eigenvalue weighted by Crippen LogP contribution is 2.14. The first-order valence-corrected chi connectivity index (χ1v) is 7.99. The van der Waals surface area contributed by atoms with Crippen molar-refractivity contribution in [3.8, 4) is 5.75 Å². The van der Waals surface area contributed by atoms with Crippen LogP contribution in [0.2, 0.25) is 0 Å². The van der Waals surface area contributed by atoms with Crippen LogP contribution in [0.5, 0.6) is 5.75 Å². The number of carbonyl (C=O) groups excluding carboxylic acids is 1. The van der Waals surface area contributed by atoms with Crippen LogP contribution >= 0.6 is 0 Å². The average molecular weight is 328 g/mol. The molecule has 0 aliphatic heterocycles. The Hall–Kier alpha value is -2.37. The van der Waals surface area contributed by atoms with Gasteiger partial charge in [-0.2, -0.15) is 0 Å². The van der Waals surface area contributed by atoms with Crippen molar-refractivity contribution in [1.29, 1.82) is 0 Å². The molecule has 5 nitrogen and oxygen atoms in total. The number of nitrogens with one attached hydrogen (secondary N) is 2. The Morgan fingerprint density at radius 2 is 1.75 bits per heavy atom. The van der Waals surface area contributed by atoms with Crippen LogP contribution in [0, 0.1) is 0 Å². The van der Waals surface area contributed by atoms with Gasteiger partial charge in [0.15, 0.2) is 0 Å². The fourth-order valence-electron chi connectivity index (χ4n) is 2.31. The molecule has 0 heterocycles. The summed E-state index contributed by atoms with van der Waals surface area (Å²) in [5.74, 6) is 0.564. The van der Waals surface area contributed by atoms with Crippen molar-refractivity contribution in [2.75, 3.05) is 7.05 Å². The molecule has 0 aromatic heterocycles.